The Kier molecular flexibility index (Phi) is 7.81. The molecular formula is C28H30N2O4. The average molecular weight is 459 g/mol. The molecule has 1 saturated heterocycles. The lowest BCUT2D eigenvalue weighted by Gasteiger charge is -2.34. The Balaban J connectivity index is 1.42. The van der Waals surface area contributed by atoms with E-state index in [-0.39, 0.29) is 17.9 Å². The summed E-state index contributed by atoms with van der Waals surface area (Å²) < 4.78 is 11.9. The van der Waals surface area contributed by atoms with E-state index >= 15 is 0 Å². The lowest BCUT2D eigenvalue weighted by atomic mass is 10.0. The van der Waals surface area contributed by atoms with Crippen molar-refractivity contribution in [1.82, 2.24) is 10.2 Å². The zero-order valence-electron chi connectivity index (χ0n) is 19.4. The van der Waals surface area contributed by atoms with Crippen molar-refractivity contribution in [3.05, 3.63) is 96.1 Å². The van der Waals surface area contributed by atoms with E-state index in [1.807, 2.05) is 84.6 Å². The number of amides is 2. The SMILES string of the molecule is CCOc1ccccc1OC1CCN(C(=O)C(NC(=O)c2ccccc2)c2ccccc2)CC1. The zero-order valence-corrected chi connectivity index (χ0v) is 19.4. The van der Waals surface area contributed by atoms with Crippen LogP contribution in [0.15, 0.2) is 84.9 Å². The number of ether oxygens (including phenoxy) is 2. The van der Waals surface area contributed by atoms with Crippen LogP contribution >= 0.6 is 0 Å². The molecule has 1 N–H and O–H groups in total. The number of hydrogen-bond acceptors (Lipinski definition) is 4. The number of likely N-dealkylation sites (tertiary alicyclic amines) is 1. The van der Waals surface area contributed by atoms with Crippen molar-refractivity contribution in [1.29, 1.82) is 0 Å². The Morgan fingerprint density at radius 2 is 1.47 bits per heavy atom. The lowest BCUT2D eigenvalue weighted by Crippen LogP contribution is -2.47. The van der Waals surface area contributed by atoms with Crippen LogP contribution in [0.4, 0.5) is 0 Å². The number of hydrogen-bond donors (Lipinski definition) is 1. The Hall–Kier alpha value is -3.80. The predicted molar refractivity (Wildman–Crippen MR) is 131 cm³/mol. The quantitative estimate of drug-likeness (QED) is 0.535. The highest BCUT2D eigenvalue weighted by atomic mass is 16.5. The normalized spacial score (nSPS) is 14.8. The largest absolute Gasteiger partial charge is 0.490 e. The van der Waals surface area contributed by atoms with Crippen molar-refractivity contribution in [3.63, 3.8) is 0 Å². The third kappa shape index (κ3) is 5.76. The summed E-state index contributed by atoms with van der Waals surface area (Å²) in [6, 6.07) is 25.3. The fraction of sp³-hybridized carbons (Fsp3) is 0.286. The molecule has 1 aliphatic heterocycles. The van der Waals surface area contributed by atoms with Crippen LogP contribution in [0, 0.1) is 0 Å². The summed E-state index contributed by atoms with van der Waals surface area (Å²) in [6.45, 7) is 3.64. The molecule has 0 spiro atoms. The van der Waals surface area contributed by atoms with Crippen LogP contribution in [-0.4, -0.2) is 42.5 Å². The van der Waals surface area contributed by atoms with Crippen molar-refractivity contribution >= 4 is 11.8 Å². The van der Waals surface area contributed by atoms with Crippen molar-refractivity contribution < 1.29 is 19.1 Å². The molecule has 3 aromatic rings. The molecule has 0 aromatic heterocycles. The highest BCUT2D eigenvalue weighted by Gasteiger charge is 2.31. The number of carbonyl (C=O) groups excluding carboxylic acids is 2. The Labute approximate surface area is 200 Å². The zero-order chi connectivity index (χ0) is 23.8. The van der Waals surface area contributed by atoms with Crippen LogP contribution in [-0.2, 0) is 4.79 Å². The topological polar surface area (TPSA) is 67.9 Å². The van der Waals surface area contributed by atoms with Crippen LogP contribution in [0.2, 0.25) is 0 Å². The van der Waals surface area contributed by atoms with Gasteiger partial charge in [-0.1, -0.05) is 60.7 Å². The van der Waals surface area contributed by atoms with Crippen molar-refractivity contribution in [3.8, 4) is 11.5 Å². The van der Waals surface area contributed by atoms with Gasteiger partial charge in [0, 0.05) is 31.5 Å². The Morgan fingerprint density at radius 1 is 0.882 bits per heavy atom. The highest BCUT2D eigenvalue weighted by molar-refractivity contribution is 5.97. The molecule has 34 heavy (non-hydrogen) atoms. The standard InChI is InChI=1S/C28H30N2O4/c1-2-33-24-15-9-10-16-25(24)34-23-17-19-30(20-18-23)28(32)26(21-11-5-3-6-12-21)29-27(31)22-13-7-4-8-14-22/h3-16,23,26H,2,17-20H2,1H3,(H,29,31). The molecule has 1 fully saturated rings. The number of piperidine rings is 1. The Bertz CT molecular complexity index is 1080. The summed E-state index contributed by atoms with van der Waals surface area (Å²) >= 11 is 0. The molecule has 0 saturated carbocycles. The Morgan fingerprint density at radius 3 is 2.12 bits per heavy atom. The van der Waals surface area contributed by atoms with Gasteiger partial charge >= 0.3 is 0 Å². The smallest absolute Gasteiger partial charge is 0.252 e. The van der Waals surface area contributed by atoms with Gasteiger partial charge in [0.1, 0.15) is 12.1 Å². The molecule has 3 aromatic carbocycles. The van der Waals surface area contributed by atoms with Gasteiger partial charge in [0.25, 0.3) is 5.91 Å². The first kappa shape index (κ1) is 23.4. The van der Waals surface area contributed by atoms with Crippen LogP contribution in [0.5, 0.6) is 11.5 Å². The first-order chi connectivity index (χ1) is 16.7. The van der Waals surface area contributed by atoms with E-state index in [1.54, 1.807) is 12.1 Å². The van der Waals surface area contributed by atoms with Gasteiger partial charge in [0.05, 0.1) is 6.61 Å². The molecule has 6 nitrogen and oxygen atoms in total. The van der Waals surface area contributed by atoms with Gasteiger partial charge in [-0.2, -0.15) is 0 Å². The predicted octanol–water partition coefficient (Wildman–Crippen LogP) is 4.63. The van der Waals surface area contributed by atoms with Gasteiger partial charge in [-0.05, 0) is 36.8 Å². The number of benzene rings is 3. The molecule has 0 radical (unpaired) electrons. The van der Waals surface area contributed by atoms with Crippen LogP contribution in [0.3, 0.4) is 0 Å². The second-order valence-electron chi connectivity index (χ2n) is 8.21. The minimum atomic E-state index is -0.745. The summed E-state index contributed by atoms with van der Waals surface area (Å²) in [6.07, 6.45) is 1.42. The highest BCUT2D eigenvalue weighted by Crippen LogP contribution is 2.30. The van der Waals surface area contributed by atoms with E-state index in [0.717, 1.165) is 17.1 Å². The lowest BCUT2D eigenvalue weighted by molar-refractivity contribution is -0.135. The number of para-hydroxylation sites is 2. The minimum Gasteiger partial charge on any atom is -0.490 e. The number of nitrogens with zero attached hydrogens (tertiary/aromatic N) is 1. The number of carbonyl (C=O) groups is 2. The molecular weight excluding hydrogens is 428 g/mol. The molecule has 0 aliphatic carbocycles. The van der Waals surface area contributed by atoms with E-state index in [2.05, 4.69) is 5.32 Å². The molecule has 1 unspecified atom stereocenters. The summed E-state index contributed by atoms with van der Waals surface area (Å²) in [5, 5.41) is 2.94. The summed E-state index contributed by atoms with van der Waals surface area (Å²) in [5.74, 6) is 1.08. The van der Waals surface area contributed by atoms with Gasteiger partial charge in [-0.15, -0.1) is 0 Å². The first-order valence-electron chi connectivity index (χ1n) is 11.7. The van der Waals surface area contributed by atoms with Crippen molar-refractivity contribution in [2.75, 3.05) is 19.7 Å². The van der Waals surface area contributed by atoms with E-state index in [9.17, 15) is 9.59 Å². The molecule has 0 bridgehead atoms. The minimum absolute atomic E-state index is 0.000240. The second kappa shape index (κ2) is 11.4. The van der Waals surface area contributed by atoms with E-state index in [1.165, 1.54) is 0 Å². The average Bonchev–Trinajstić information content (AvgIpc) is 2.89. The van der Waals surface area contributed by atoms with Crippen LogP contribution in [0.1, 0.15) is 41.7 Å². The first-order valence-corrected chi connectivity index (χ1v) is 11.7. The number of rotatable bonds is 8. The van der Waals surface area contributed by atoms with E-state index in [0.29, 0.717) is 38.1 Å². The van der Waals surface area contributed by atoms with E-state index < -0.39 is 6.04 Å². The summed E-state index contributed by atoms with van der Waals surface area (Å²) in [4.78, 5) is 28.2. The van der Waals surface area contributed by atoms with Gasteiger partial charge in [0.15, 0.2) is 11.5 Å². The van der Waals surface area contributed by atoms with Crippen LogP contribution in [0.25, 0.3) is 0 Å². The van der Waals surface area contributed by atoms with Crippen molar-refractivity contribution in [2.45, 2.75) is 31.9 Å². The summed E-state index contributed by atoms with van der Waals surface area (Å²) in [5.41, 5.74) is 1.29. The molecule has 6 heteroatoms. The maximum atomic E-state index is 13.5. The maximum absolute atomic E-state index is 13.5. The van der Waals surface area contributed by atoms with Crippen molar-refractivity contribution in [2.24, 2.45) is 0 Å². The van der Waals surface area contributed by atoms with Gasteiger partial charge in [-0.25, -0.2) is 0 Å². The van der Waals surface area contributed by atoms with Crippen LogP contribution < -0.4 is 14.8 Å². The third-order valence-corrected chi connectivity index (χ3v) is 5.89. The molecule has 1 aliphatic rings. The monoisotopic (exact) mass is 458 g/mol. The molecule has 1 heterocycles. The second-order valence-corrected chi connectivity index (χ2v) is 8.21. The molecule has 4 rings (SSSR count). The molecule has 176 valence electrons. The fourth-order valence-corrected chi connectivity index (χ4v) is 4.12. The third-order valence-electron chi connectivity index (χ3n) is 5.89. The summed E-state index contributed by atoms with van der Waals surface area (Å²) in [7, 11) is 0. The fourth-order valence-electron chi connectivity index (χ4n) is 4.12. The van der Waals surface area contributed by atoms with Gasteiger partial charge < -0.3 is 19.7 Å². The number of nitrogens with one attached hydrogen (secondary N) is 1. The van der Waals surface area contributed by atoms with Gasteiger partial charge in [-0.3, -0.25) is 9.59 Å². The molecule has 1 atom stereocenters. The van der Waals surface area contributed by atoms with Gasteiger partial charge in [0.2, 0.25) is 5.91 Å². The maximum Gasteiger partial charge on any atom is 0.252 e. The van der Waals surface area contributed by atoms with E-state index in [4.69, 9.17) is 9.47 Å². The molecule has 2 amide bonds.